The van der Waals surface area contributed by atoms with Gasteiger partial charge in [-0.1, -0.05) is 12.1 Å². The topological polar surface area (TPSA) is 50.4 Å². The third-order valence-corrected chi connectivity index (χ3v) is 3.32. The fourth-order valence-corrected chi connectivity index (χ4v) is 2.53. The number of rotatable bonds is 6. The fourth-order valence-electron chi connectivity index (χ4n) is 2.53. The van der Waals surface area contributed by atoms with Gasteiger partial charge in [0.25, 0.3) is 0 Å². The number of nitrogens with one attached hydrogen (secondary N) is 2. The lowest BCUT2D eigenvalue weighted by Gasteiger charge is -2.26. The maximum absolute atomic E-state index is 12.2. The highest BCUT2D eigenvalue weighted by atomic mass is 16.5. The van der Waals surface area contributed by atoms with Gasteiger partial charge in [-0.3, -0.25) is 4.79 Å². The molecule has 0 saturated carbocycles. The van der Waals surface area contributed by atoms with Crippen LogP contribution in [0.25, 0.3) is 0 Å². The minimum atomic E-state index is -0.213. The standard InChI is InChI=1S/C20H34N2O2/c1-14(21-18(23)15(2)22-19(3,4)5)13-16-9-11-17(12-10-16)24-20(6,7)8/h9-12,14-15,22H,13H2,1-8H3,(H,21,23). The molecule has 1 amide bonds. The first-order chi connectivity index (χ1) is 10.9. The fraction of sp³-hybridized carbons (Fsp3) is 0.650. The summed E-state index contributed by atoms with van der Waals surface area (Å²) in [5, 5.41) is 6.36. The molecule has 4 nitrogen and oxygen atoms in total. The molecule has 0 fully saturated rings. The quantitative estimate of drug-likeness (QED) is 0.834. The summed E-state index contributed by atoms with van der Waals surface area (Å²) in [5.74, 6) is 0.899. The predicted octanol–water partition coefficient (Wildman–Crippen LogP) is 3.69. The molecule has 4 heteroatoms. The van der Waals surface area contributed by atoms with Crippen molar-refractivity contribution in [3.05, 3.63) is 29.8 Å². The molecule has 24 heavy (non-hydrogen) atoms. The van der Waals surface area contributed by atoms with Crippen LogP contribution in [0, 0.1) is 0 Å². The van der Waals surface area contributed by atoms with Crippen LogP contribution in [-0.2, 0) is 11.2 Å². The highest BCUT2D eigenvalue weighted by Gasteiger charge is 2.20. The van der Waals surface area contributed by atoms with Crippen LogP contribution in [0.1, 0.15) is 61.0 Å². The molecule has 0 bridgehead atoms. The molecule has 0 radical (unpaired) electrons. The molecule has 0 aliphatic heterocycles. The van der Waals surface area contributed by atoms with Gasteiger partial charge in [-0.25, -0.2) is 0 Å². The molecule has 1 aromatic carbocycles. The van der Waals surface area contributed by atoms with Crippen LogP contribution in [0.3, 0.4) is 0 Å². The Morgan fingerprint density at radius 3 is 2.04 bits per heavy atom. The molecule has 1 aromatic rings. The number of hydrogen-bond acceptors (Lipinski definition) is 3. The Labute approximate surface area is 147 Å². The van der Waals surface area contributed by atoms with Crippen molar-refractivity contribution in [2.24, 2.45) is 0 Å². The minimum Gasteiger partial charge on any atom is -0.488 e. The Morgan fingerprint density at radius 2 is 1.58 bits per heavy atom. The van der Waals surface area contributed by atoms with E-state index >= 15 is 0 Å². The SMILES string of the molecule is CC(Cc1ccc(OC(C)(C)C)cc1)NC(=O)C(C)NC(C)(C)C. The van der Waals surface area contributed by atoms with Crippen LogP contribution in [0.15, 0.2) is 24.3 Å². The summed E-state index contributed by atoms with van der Waals surface area (Å²) < 4.78 is 5.83. The van der Waals surface area contributed by atoms with E-state index in [4.69, 9.17) is 4.74 Å². The molecular weight excluding hydrogens is 300 g/mol. The Bertz CT molecular complexity index is 524. The summed E-state index contributed by atoms with van der Waals surface area (Å²) in [6.45, 7) is 16.2. The van der Waals surface area contributed by atoms with Gasteiger partial charge in [0.05, 0.1) is 6.04 Å². The number of ether oxygens (including phenoxy) is 1. The third-order valence-electron chi connectivity index (χ3n) is 3.32. The molecule has 2 unspecified atom stereocenters. The van der Waals surface area contributed by atoms with Gasteiger partial charge in [-0.2, -0.15) is 0 Å². The molecule has 136 valence electrons. The first-order valence-electron chi connectivity index (χ1n) is 8.72. The summed E-state index contributed by atoms with van der Waals surface area (Å²) in [6, 6.07) is 7.95. The van der Waals surface area contributed by atoms with Crippen molar-refractivity contribution in [3.63, 3.8) is 0 Å². The first-order valence-corrected chi connectivity index (χ1v) is 8.72. The van der Waals surface area contributed by atoms with Crippen LogP contribution < -0.4 is 15.4 Å². The molecule has 2 atom stereocenters. The van der Waals surface area contributed by atoms with Crippen LogP contribution in [0.4, 0.5) is 0 Å². The third kappa shape index (κ3) is 8.34. The van der Waals surface area contributed by atoms with Gasteiger partial charge in [0, 0.05) is 11.6 Å². The Balaban J connectivity index is 2.53. The molecule has 1 rings (SSSR count). The highest BCUT2D eigenvalue weighted by Crippen LogP contribution is 2.19. The molecule has 0 saturated heterocycles. The van der Waals surface area contributed by atoms with E-state index in [0.717, 1.165) is 12.2 Å². The monoisotopic (exact) mass is 334 g/mol. The van der Waals surface area contributed by atoms with Crippen molar-refractivity contribution in [2.45, 2.75) is 85.0 Å². The maximum atomic E-state index is 12.2. The van der Waals surface area contributed by atoms with E-state index in [1.165, 1.54) is 5.56 Å². The van der Waals surface area contributed by atoms with E-state index in [9.17, 15) is 4.79 Å². The van der Waals surface area contributed by atoms with Crippen molar-refractivity contribution in [2.75, 3.05) is 0 Å². The average Bonchev–Trinajstić information content (AvgIpc) is 2.37. The summed E-state index contributed by atoms with van der Waals surface area (Å²) in [6.07, 6.45) is 0.795. The zero-order valence-corrected chi connectivity index (χ0v) is 16.5. The van der Waals surface area contributed by atoms with Crippen molar-refractivity contribution in [1.29, 1.82) is 0 Å². The van der Waals surface area contributed by atoms with Gasteiger partial charge in [0.15, 0.2) is 0 Å². The number of benzene rings is 1. The van der Waals surface area contributed by atoms with Crippen LogP contribution in [0.5, 0.6) is 5.75 Å². The van der Waals surface area contributed by atoms with E-state index in [2.05, 4.69) is 43.5 Å². The largest absolute Gasteiger partial charge is 0.488 e. The second-order valence-electron chi connectivity index (χ2n) is 8.59. The van der Waals surface area contributed by atoms with E-state index < -0.39 is 0 Å². The van der Waals surface area contributed by atoms with Crippen molar-refractivity contribution < 1.29 is 9.53 Å². The van der Waals surface area contributed by atoms with Crippen LogP contribution in [0.2, 0.25) is 0 Å². The van der Waals surface area contributed by atoms with Gasteiger partial charge in [0.1, 0.15) is 11.4 Å². The minimum absolute atomic E-state index is 0.0325. The van der Waals surface area contributed by atoms with Crippen molar-refractivity contribution in [1.82, 2.24) is 10.6 Å². The van der Waals surface area contributed by atoms with E-state index in [-0.39, 0.29) is 29.1 Å². The summed E-state index contributed by atoms with van der Waals surface area (Å²) >= 11 is 0. The van der Waals surface area contributed by atoms with E-state index in [0.29, 0.717) is 0 Å². The molecular formula is C20H34N2O2. The van der Waals surface area contributed by atoms with Gasteiger partial charge in [-0.05, 0) is 79.5 Å². The number of amides is 1. The lowest BCUT2D eigenvalue weighted by atomic mass is 10.1. The van der Waals surface area contributed by atoms with Crippen LogP contribution in [-0.4, -0.2) is 29.1 Å². The highest BCUT2D eigenvalue weighted by molar-refractivity contribution is 5.81. The summed E-state index contributed by atoms with van der Waals surface area (Å²) in [7, 11) is 0. The smallest absolute Gasteiger partial charge is 0.237 e. The molecule has 0 heterocycles. The predicted molar refractivity (Wildman–Crippen MR) is 100 cm³/mol. The van der Waals surface area contributed by atoms with E-state index in [1.54, 1.807) is 0 Å². The molecule has 0 aliphatic carbocycles. The first kappa shape index (κ1) is 20.5. The van der Waals surface area contributed by atoms with Gasteiger partial charge < -0.3 is 15.4 Å². The van der Waals surface area contributed by atoms with E-state index in [1.807, 2.05) is 46.8 Å². The number of carbonyl (C=O) groups is 1. The number of hydrogen-bond donors (Lipinski definition) is 2. The average molecular weight is 335 g/mol. The maximum Gasteiger partial charge on any atom is 0.237 e. The zero-order chi connectivity index (χ0) is 18.5. The Hall–Kier alpha value is -1.55. The molecule has 0 aliphatic rings. The molecule has 2 N–H and O–H groups in total. The summed E-state index contributed by atoms with van der Waals surface area (Å²) in [4.78, 5) is 12.2. The van der Waals surface area contributed by atoms with Crippen molar-refractivity contribution in [3.8, 4) is 5.75 Å². The lowest BCUT2D eigenvalue weighted by Crippen LogP contribution is -2.51. The normalized spacial score (nSPS) is 14.8. The number of carbonyl (C=O) groups excluding carboxylic acids is 1. The molecule has 0 aromatic heterocycles. The summed E-state index contributed by atoms with van der Waals surface area (Å²) in [5.41, 5.74) is 0.905. The Morgan fingerprint density at radius 1 is 1.04 bits per heavy atom. The van der Waals surface area contributed by atoms with Gasteiger partial charge in [0.2, 0.25) is 5.91 Å². The second kappa shape index (κ2) is 8.02. The molecule has 0 spiro atoms. The second-order valence-corrected chi connectivity index (χ2v) is 8.59. The van der Waals surface area contributed by atoms with Gasteiger partial charge >= 0.3 is 0 Å². The van der Waals surface area contributed by atoms with Gasteiger partial charge in [-0.15, -0.1) is 0 Å². The van der Waals surface area contributed by atoms with Crippen molar-refractivity contribution >= 4 is 5.91 Å². The Kier molecular flexibility index (Phi) is 6.85. The lowest BCUT2D eigenvalue weighted by molar-refractivity contribution is -0.123. The zero-order valence-electron chi connectivity index (χ0n) is 16.5. The van der Waals surface area contributed by atoms with Crippen LogP contribution >= 0.6 is 0 Å².